The second-order valence-electron chi connectivity index (χ2n) is 18.5. The maximum absolute atomic E-state index is 7.11. The molecule has 0 fully saturated rings. The molecule has 0 aromatic heterocycles. The van der Waals surface area contributed by atoms with Crippen LogP contribution in [0, 0.1) is 0 Å². The van der Waals surface area contributed by atoms with Gasteiger partial charge in [0.25, 0.3) is 0 Å². The molecular weight excluding hydrogens is 797 g/mol. The summed E-state index contributed by atoms with van der Waals surface area (Å²) in [6.07, 6.45) is 0. The predicted octanol–water partition coefficient (Wildman–Crippen LogP) is 5.49. The van der Waals surface area contributed by atoms with E-state index in [-0.39, 0.29) is 38.2 Å². The van der Waals surface area contributed by atoms with Crippen LogP contribution in [-0.4, -0.2) is 62.8 Å². The number of hydrogen-bond donors (Lipinski definition) is 0. The summed E-state index contributed by atoms with van der Waals surface area (Å²) in [6, 6.07) is 58.3. The summed E-state index contributed by atoms with van der Waals surface area (Å²) in [4.78, 5) is 2.34. The normalized spacial score (nSPS) is 13.9. The van der Waals surface area contributed by atoms with Crippen LogP contribution in [0.3, 0.4) is 0 Å². The Hall–Kier alpha value is -6.70. The molecule has 9 heteroatoms. The van der Waals surface area contributed by atoms with Crippen molar-refractivity contribution in [1.29, 1.82) is 0 Å². The van der Waals surface area contributed by atoms with Crippen molar-refractivity contribution >= 4 is 124 Å². The van der Waals surface area contributed by atoms with Gasteiger partial charge in [-0.2, -0.15) is 0 Å². The van der Waals surface area contributed by atoms with Gasteiger partial charge < -0.3 is 4.90 Å². The van der Waals surface area contributed by atoms with E-state index >= 15 is 0 Å². The molecular formula is C58H33B8N. The summed E-state index contributed by atoms with van der Waals surface area (Å²) >= 11 is 0. The SMILES string of the molecule is [B]c1c([B])c([B])c2c(c1[B])-c1c([B])c([B])c([B])c([B])c1C21c2ccccc2-c2c(-c3ccc(N(c4ccc(-c5ccccc5)cc4)c4ccc5c(c4)C(C)(C)c4ccccc4-5)cc3)cccc21. The minimum Gasteiger partial charge on any atom is -0.310 e. The fraction of sp³-hybridized carbons (Fsp3) is 0.0690. The van der Waals surface area contributed by atoms with Crippen LogP contribution < -0.4 is 48.6 Å². The molecule has 0 N–H and O–H groups in total. The molecule has 0 atom stereocenters. The van der Waals surface area contributed by atoms with Crippen LogP contribution in [0.25, 0.3) is 55.6 Å². The molecule has 67 heavy (non-hydrogen) atoms. The van der Waals surface area contributed by atoms with Crippen LogP contribution in [0.2, 0.25) is 0 Å². The van der Waals surface area contributed by atoms with Gasteiger partial charge in [-0.1, -0.05) is 163 Å². The lowest BCUT2D eigenvalue weighted by atomic mass is 9.57. The third-order valence-electron chi connectivity index (χ3n) is 14.9. The van der Waals surface area contributed by atoms with Crippen LogP contribution in [0.1, 0.15) is 47.2 Å². The maximum Gasteiger partial charge on any atom is 0.113 e. The monoisotopic (exact) mass is 831 g/mol. The summed E-state index contributed by atoms with van der Waals surface area (Å²) in [5.74, 6) is 0. The Kier molecular flexibility index (Phi) is 9.28. The maximum atomic E-state index is 7.11. The Labute approximate surface area is 403 Å². The average Bonchev–Trinajstić information content (AvgIpc) is 3.93. The van der Waals surface area contributed by atoms with Crippen molar-refractivity contribution < 1.29 is 0 Å². The van der Waals surface area contributed by atoms with Gasteiger partial charge in [-0.3, -0.25) is 0 Å². The molecule has 0 heterocycles. The van der Waals surface area contributed by atoms with Gasteiger partial charge in [0.05, 0.1) is 5.41 Å². The molecule has 9 aromatic carbocycles. The summed E-state index contributed by atoms with van der Waals surface area (Å²) < 4.78 is 0. The smallest absolute Gasteiger partial charge is 0.113 e. The van der Waals surface area contributed by atoms with Crippen LogP contribution in [0.15, 0.2) is 164 Å². The number of nitrogens with zero attached hydrogens (tertiary/aromatic N) is 1. The van der Waals surface area contributed by atoms with E-state index < -0.39 is 5.41 Å². The number of anilines is 3. The van der Waals surface area contributed by atoms with Gasteiger partial charge in [-0.25, -0.2) is 0 Å². The number of hydrogen-bond acceptors (Lipinski definition) is 1. The number of benzene rings is 9. The van der Waals surface area contributed by atoms with Gasteiger partial charge in [0, 0.05) is 22.5 Å². The van der Waals surface area contributed by atoms with Crippen LogP contribution in [-0.2, 0) is 10.8 Å². The van der Waals surface area contributed by atoms with E-state index in [1.54, 1.807) is 0 Å². The van der Waals surface area contributed by atoms with Gasteiger partial charge in [0.2, 0.25) is 0 Å². The van der Waals surface area contributed by atoms with Crippen molar-refractivity contribution in [2.24, 2.45) is 0 Å². The summed E-state index contributed by atoms with van der Waals surface area (Å²) in [6.45, 7) is 4.64. The highest BCUT2D eigenvalue weighted by Gasteiger charge is 2.54. The molecule has 3 aliphatic carbocycles. The second-order valence-corrected chi connectivity index (χ2v) is 18.5. The van der Waals surface area contributed by atoms with Crippen molar-refractivity contribution in [3.05, 3.63) is 197 Å². The Morgan fingerprint density at radius 1 is 0.313 bits per heavy atom. The van der Waals surface area contributed by atoms with Crippen molar-refractivity contribution in [3.8, 4) is 55.6 Å². The topological polar surface area (TPSA) is 3.24 Å². The van der Waals surface area contributed by atoms with Gasteiger partial charge in [0.1, 0.15) is 62.8 Å². The zero-order chi connectivity index (χ0) is 46.3. The molecule has 0 saturated heterocycles. The highest BCUT2D eigenvalue weighted by molar-refractivity contribution is 6.67. The van der Waals surface area contributed by atoms with Gasteiger partial charge in [0.15, 0.2) is 0 Å². The molecule has 294 valence electrons. The van der Waals surface area contributed by atoms with E-state index in [0.29, 0.717) is 33.2 Å². The molecule has 0 saturated carbocycles. The first kappa shape index (κ1) is 41.7. The number of rotatable bonds is 5. The average molecular weight is 830 g/mol. The first-order valence-corrected chi connectivity index (χ1v) is 22.4. The molecule has 0 bridgehead atoms. The number of fused-ring (bicyclic) bond motifs is 13. The molecule has 3 aliphatic rings. The van der Waals surface area contributed by atoms with E-state index in [1.165, 1.54) is 27.8 Å². The highest BCUT2D eigenvalue weighted by atomic mass is 15.1. The minimum atomic E-state index is -1.11. The van der Waals surface area contributed by atoms with E-state index in [2.05, 4.69) is 164 Å². The van der Waals surface area contributed by atoms with E-state index in [4.69, 9.17) is 62.8 Å². The Morgan fingerprint density at radius 2 is 0.761 bits per heavy atom. The first-order valence-electron chi connectivity index (χ1n) is 22.4. The van der Waals surface area contributed by atoms with Gasteiger partial charge in [-0.05, 0) is 125 Å². The standard InChI is InChI=1S/C58H33B8N/c1-57(2)40-16-8-6-13-37(40)38-28-27-35(29-43(38)57)67(33-23-19-31(20-24-33)30-11-4-3-5-12-30)34-25-21-32(22-26-34)36-15-10-18-42-44(36)39-14-7-9-17-41(39)58(42)47-45(49(59)53(63)55(65)51(47)61)46-48(58)52(62)56(66)54(64)50(46)60/h3-29H,1-2H3. The lowest BCUT2D eigenvalue weighted by Crippen LogP contribution is -2.52. The summed E-state index contributed by atoms with van der Waals surface area (Å²) in [7, 11) is 54.6. The molecule has 9 aromatic rings. The minimum absolute atomic E-state index is 0.167. The summed E-state index contributed by atoms with van der Waals surface area (Å²) in [5.41, 5.74) is 19.5. The lowest BCUT2D eigenvalue weighted by molar-refractivity contribution is 0.660. The second kappa shape index (κ2) is 14.9. The quantitative estimate of drug-likeness (QED) is 0.208. The highest BCUT2D eigenvalue weighted by Crippen LogP contribution is 2.62. The Morgan fingerprint density at radius 3 is 1.37 bits per heavy atom. The van der Waals surface area contributed by atoms with Crippen LogP contribution >= 0.6 is 0 Å². The van der Waals surface area contributed by atoms with E-state index in [1.807, 2.05) is 18.2 Å². The summed E-state index contributed by atoms with van der Waals surface area (Å²) in [5, 5.41) is 0. The van der Waals surface area contributed by atoms with Crippen molar-refractivity contribution in [3.63, 3.8) is 0 Å². The molecule has 0 aliphatic heterocycles. The molecule has 12 rings (SSSR count). The fourth-order valence-electron chi connectivity index (χ4n) is 11.7. The first-order chi connectivity index (χ1) is 32.3. The largest absolute Gasteiger partial charge is 0.310 e. The fourth-order valence-corrected chi connectivity index (χ4v) is 11.7. The molecule has 16 radical (unpaired) electrons. The lowest BCUT2D eigenvalue weighted by Gasteiger charge is -2.35. The van der Waals surface area contributed by atoms with Crippen molar-refractivity contribution in [2.75, 3.05) is 4.90 Å². The van der Waals surface area contributed by atoms with Crippen LogP contribution in [0.4, 0.5) is 17.1 Å². The zero-order valence-electron chi connectivity index (χ0n) is 37.2. The Bertz CT molecular complexity index is 3510. The third kappa shape index (κ3) is 5.61. The van der Waals surface area contributed by atoms with Crippen molar-refractivity contribution in [1.82, 2.24) is 0 Å². The zero-order valence-corrected chi connectivity index (χ0v) is 37.2. The predicted molar refractivity (Wildman–Crippen MR) is 289 cm³/mol. The van der Waals surface area contributed by atoms with E-state index in [9.17, 15) is 0 Å². The van der Waals surface area contributed by atoms with Crippen molar-refractivity contribution in [2.45, 2.75) is 24.7 Å². The van der Waals surface area contributed by atoms with E-state index in [0.717, 1.165) is 56.0 Å². The van der Waals surface area contributed by atoms with Gasteiger partial charge >= 0.3 is 0 Å². The van der Waals surface area contributed by atoms with Gasteiger partial charge in [-0.15, -0.1) is 21.9 Å². The molecule has 1 nitrogen and oxygen atoms in total. The van der Waals surface area contributed by atoms with Crippen LogP contribution in [0.5, 0.6) is 0 Å². The molecule has 0 unspecified atom stereocenters. The molecule has 0 amide bonds. The Balaban J connectivity index is 1.05. The third-order valence-corrected chi connectivity index (χ3v) is 14.9. The molecule has 1 spiro atoms.